The maximum absolute atomic E-state index is 11.0. The van der Waals surface area contributed by atoms with Crippen LogP contribution in [0.1, 0.15) is 38.2 Å². The molecule has 2 aromatic rings. The third-order valence-corrected chi connectivity index (χ3v) is 3.71. The van der Waals surface area contributed by atoms with E-state index < -0.39 is 5.97 Å². The monoisotopic (exact) mass is 284 g/mol. The number of aromatic carboxylic acids is 1. The normalized spacial score (nSPS) is 10.5. The Bertz CT molecular complexity index is 644. The van der Waals surface area contributed by atoms with Crippen LogP contribution in [-0.4, -0.2) is 11.1 Å². The van der Waals surface area contributed by atoms with Crippen LogP contribution in [0.2, 0.25) is 0 Å². The molecule has 3 nitrogen and oxygen atoms in total. The zero-order valence-electron chi connectivity index (χ0n) is 12.9. The van der Waals surface area contributed by atoms with E-state index >= 15 is 0 Å². The Morgan fingerprint density at radius 3 is 2.00 bits per heavy atom. The first-order chi connectivity index (χ1) is 9.90. The van der Waals surface area contributed by atoms with Gasteiger partial charge in [0.05, 0.1) is 5.56 Å². The molecule has 2 rings (SSSR count). The number of carboxylic acids is 1. The molecule has 0 fully saturated rings. The Kier molecular flexibility index (Phi) is 4.32. The molecule has 0 unspecified atom stereocenters. The van der Waals surface area contributed by atoms with E-state index in [1.54, 1.807) is 12.1 Å². The first-order valence-corrected chi connectivity index (χ1v) is 6.92. The van der Waals surface area contributed by atoms with Gasteiger partial charge in [0.2, 0.25) is 0 Å². The molecule has 2 aromatic carbocycles. The van der Waals surface area contributed by atoms with Crippen LogP contribution in [0.5, 0.6) is 5.75 Å². The maximum atomic E-state index is 11.0. The Morgan fingerprint density at radius 2 is 1.52 bits per heavy atom. The summed E-state index contributed by atoms with van der Waals surface area (Å²) in [6.45, 7) is 8.38. The van der Waals surface area contributed by atoms with Crippen molar-refractivity contribution in [3.8, 4) is 5.75 Å². The molecule has 21 heavy (non-hydrogen) atoms. The molecule has 1 N–H and O–H groups in total. The van der Waals surface area contributed by atoms with Gasteiger partial charge in [-0.15, -0.1) is 0 Å². The Morgan fingerprint density at radius 1 is 1.00 bits per heavy atom. The molecule has 3 heteroatoms. The highest BCUT2D eigenvalue weighted by Gasteiger charge is 2.11. The fraction of sp³-hybridized carbons (Fsp3) is 0.278. The van der Waals surface area contributed by atoms with E-state index in [0.29, 0.717) is 12.2 Å². The molecule has 0 aliphatic carbocycles. The van der Waals surface area contributed by atoms with Gasteiger partial charge < -0.3 is 9.84 Å². The summed E-state index contributed by atoms with van der Waals surface area (Å²) < 4.78 is 5.96. The summed E-state index contributed by atoms with van der Waals surface area (Å²) in [7, 11) is 0. The van der Waals surface area contributed by atoms with E-state index in [1.165, 1.54) is 16.7 Å². The predicted molar refractivity (Wildman–Crippen MR) is 83.1 cm³/mol. The zero-order valence-corrected chi connectivity index (χ0v) is 12.9. The molecular formula is C18H20O3. The van der Waals surface area contributed by atoms with E-state index in [-0.39, 0.29) is 0 Å². The summed E-state index contributed by atoms with van der Waals surface area (Å²) >= 11 is 0. The van der Waals surface area contributed by atoms with Crippen LogP contribution in [0.4, 0.5) is 0 Å². The Labute approximate surface area is 125 Å². The minimum atomic E-state index is -0.914. The third-order valence-electron chi connectivity index (χ3n) is 3.71. The topological polar surface area (TPSA) is 46.5 Å². The molecule has 0 bridgehead atoms. The van der Waals surface area contributed by atoms with Crippen molar-refractivity contribution in [1.82, 2.24) is 0 Å². The highest BCUT2D eigenvalue weighted by molar-refractivity contribution is 5.88. The standard InChI is InChI=1S/C18H20O3/c1-11-6-5-7-12(2)16(11)10-21-17-13(3)8-15(18(19)20)9-14(17)4/h5-9H,10H2,1-4H3,(H,19,20). The van der Waals surface area contributed by atoms with Crippen molar-refractivity contribution in [2.75, 3.05) is 0 Å². The zero-order chi connectivity index (χ0) is 15.6. The second kappa shape index (κ2) is 6.00. The number of hydrogen-bond donors (Lipinski definition) is 1. The van der Waals surface area contributed by atoms with Crippen LogP contribution >= 0.6 is 0 Å². The van der Waals surface area contributed by atoms with Crippen molar-refractivity contribution in [3.63, 3.8) is 0 Å². The molecular weight excluding hydrogens is 264 g/mol. The third kappa shape index (κ3) is 3.24. The second-order valence-electron chi connectivity index (χ2n) is 5.40. The number of rotatable bonds is 4. The van der Waals surface area contributed by atoms with E-state index in [1.807, 2.05) is 19.9 Å². The lowest BCUT2D eigenvalue weighted by atomic mass is 10.0. The number of carbonyl (C=O) groups is 1. The average molecular weight is 284 g/mol. The van der Waals surface area contributed by atoms with Crippen molar-refractivity contribution in [2.45, 2.75) is 34.3 Å². The minimum absolute atomic E-state index is 0.296. The summed E-state index contributed by atoms with van der Waals surface area (Å²) in [5, 5.41) is 9.06. The SMILES string of the molecule is Cc1cccc(C)c1COc1c(C)cc(C(=O)O)cc1C. The van der Waals surface area contributed by atoms with Gasteiger partial charge in [0, 0.05) is 0 Å². The molecule has 0 atom stereocenters. The van der Waals surface area contributed by atoms with Crippen molar-refractivity contribution in [1.29, 1.82) is 0 Å². The van der Waals surface area contributed by atoms with Crippen molar-refractivity contribution in [3.05, 3.63) is 63.7 Å². The molecule has 0 spiro atoms. The molecule has 0 saturated carbocycles. The fourth-order valence-electron chi connectivity index (χ4n) is 2.52. The fourth-order valence-corrected chi connectivity index (χ4v) is 2.52. The highest BCUT2D eigenvalue weighted by Crippen LogP contribution is 2.26. The lowest BCUT2D eigenvalue weighted by Gasteiger charge is -2.15. The molecule has 0 heterocycles. The molecule has 110 valence electrons. The summed E-state index contributed by atoms with van der Waals surface area (Å²) in [6, 6.07) is 9.47. The molecule has 0 aliphatic heterocycles. The minimum Gasteiger partial charge on any atom is -0.488 e. The van der Waals surface area contributed by atoms with E-state index in [9.17, 15) is 4.79 Å². The van der Waals surface area contributed by atoms with Gasteiger partial charge in [-0.05, 0) is 67.6 Å². The first kappa shape index (κ1) is 15.1. The summed E-state index contributed by atoms with van der Waals surface area (Å²) in [5.74, 6) is -0.148. The van der Waals surface area contributed by atoms with Gasteiger partial charge in [0.25, 0.3) is 0 Å². The van der Waals surface area contributed by atoms with Gasteiger partial charge in [-0.25, -0.2) is 4.79 Å². The summed E-state index contributed by atoms with van der Waals surface area (Å²) in [4.78, 5) is 11.0. The lowest BCUT2D eigenvalue weighted by Crippen LogP contribution is -2.05. The van der Waals surface area contributed by atoms with Crippen LogP contribution in [0, 0.1) is 27.7 Å². The summed E-state index contributed by atoms with van der Waals surface area (Å²) in [6.07, 6.45) is 0. The van der Waals surface area contributed by atoms with E-state index in [0.717, 1.165) is 16.9 Å². The number of aryl methyl sites for hydroxylation is 4. The predicted octanol–water partition coefficient (Wildman–Crippen LogP) is 4.20. The second-order valence-corrected chi connectivity index (χ2v) is 5.40. The van der Waals surface area contributed by atoms with E-state index in [2.05, 4.69) is 26.0 Å². The van der Waals surface area contributed by atoms with Crippen LogP contribution in [0.3, 0.4) is 0 Å². The van der Waals surface area contributed by atoms with Crippen LogP contribution in [0.15, 0.2) is 30.3 Å². The van der Waals surface area contributed by atoms with Crippen LogP contribution < -0.4 is 4.74 Å². The van der Waals surface area contributed by atoms with Gasteiger partial charge in [-0.2, -0.15) is 0 Å². The lowest BCUT2D eigenvalue weighted by molar-refractivity contribution is 0.0696. The van der Waals surface area contributed by atoms with Gasteiger partial charge in [-0.1, -0.05) is 18.2 Å². The maximum Gasteiger partial charge on any atom is 0.335 e. The number of ether oxygens (including phenoxy) is 1. The van der Waals surface area contributed by atoms with Gasteiger partial charge in [0.15, 0.2) is 0 Å². The average Bonchev–Trinajstić information content (AvgIpc) is 2.40. The molecule has 0 saturated heterocycles. The Hall–Kier alpha value is -2.29. The first-order valence-electron chi connectivity index (χ1n) is 6.92. The highest BCUT2D eigenvalue weighted by atomic mass is 16.5. The van der Waals surface area contributed by atoms with Crippen molar-refractivity contribution < 1.29 is 14.6 Å². The smallest absolute Gasteiger partial charge is 0.335 e. The number of benzene rings is 2. The molecule has 0 amide bonds. The largest absolute Gasteiger partial charge is 0.488 e. The van der Waals surface area contributed by atoms with Crippen molar-refractivity contribution >= 4 is 5.97 Å². The van der Waals surface area contributed by atoms with Crippen LogP contribution in [0.25, 0.3) is 0 Å². The number of hydrogen-bond acceptors (Lipinski definition) is 2. The Balaban J connectivity index is 2.27. The molecule has 0 aromatic heterocycles. The quantitative estimate of drug-likeness (QED) is 0.915. The van der Waals surface area contributed by atoms with Gasteiger partial charge in [-0.3, -0.25) is 0 Å². The molecule has 0 aliphatic rings. The van der Waals surface area contributed by atoms with Crippen molar-refractivity contribution in [2.24, 2.45) is 0 Å². The molecule has 0 radical (unpaired) electrons. The number of carboxylic acid groups (broad SMARTS) is 1. The van der Waals surface area contributed by atoms with E-state index in [4.69, 9.17) is 9.84 Å². The summed E-state index contributed by atoms with van der Waals surface area (Å²) in [5.41, 5.74) is 5.57. The van der Waals surface area contributed by atoms with Gasteiger partial charge >= 0.3 is 5.97 Å². The van der Waals surface area contributed by atoms with Gasteiger partial charge in [0.1, 0.15) is 12.4 Å². The van der Waals surface area contributed by atoms with Crippen LogP contribution in [-0.2, 0) is 6.61 Å².